The summed E-state index contributed by atoms with van der Waals surface area (Å²) in [5.74, 6) is 0.572. The van der Waals surface area contributed by atoms with Crippen LogP contribution in [-0.4, -0.2) is 55.3 Å². The van der Waals surface area contributed by atoms with Crippen LogP contribution in [0, 0.1) is 0 Å². The van der Waals surface area contributed by atoms with E-state index in [2.05, 4.69) is 10.2 Å². The van der Waals surface area contributed by atoms with Gasteiger partial charge in [0.25, 0.3) is 0 Å². The van der Waals surface area contributed by atoms with Crippen LogP contribution in [0.4, 0.5) is 13.2 Å². The average molecular weight is 461 g/mol. The molecule has 0 aliphatic carbocycles. The fraction of sp³-hybridized carbons (Fsp3) is 0.375. The fourth-order valence-corrected chi connectivity index (χ4v) is 4.11. The molecule has 1 N–H and O–H groups in total. The SMILES string of the molecule is COc1ccc2c(ccn2CC(=O)NCC(c2ccc(C(F)(F)F)cc2)N2CCOCC2)c1. The van der Waals surface area contributed by atoms with Gasteiger partial charge in [0, 0.05) is 36.7 Å². The minimum atomic E-state index is -4.38. The number of benzene rings is 2. The molecule has 4 rings (SSSR count). The van der Waals surface area contributed by atoms with Crippen LogP contribution in [0.3, 0.4) is 0 Å². The normalized spacial score (nSPS) is 16.0. The highest BCUT2D eigenvalue weighted by atomic mass is 19.4. The Hall–Kier alpha value is -3.04. The van der Waals surface area contributed by atoms with Gasteiger partial charge in [0.15, 0.2) is 0 Å². The number of rotatable bonds is 7. The van der Waals surface area contributed by atoms with Crippen molar-refractivity contribution in [1.82, 2.24) is 14.8 Å². The zero-order valence-electron chi connectivity index (χ0n) is 18.3. The van der Waals surface area contributed by atoms with Gasteiger partial charge in [-0.05, 0) is 42.0 Å². The Morgan fingerprint density at radius 3 is 2.52 bits per heavy atom. The van der Waals surface area contributed by atoms with E-state index in [0.717, 1.165) is 34.3 Å². The van der Waals surface area contributed by atoms with Crippen molar-refractivity contribution in [3.63, 3.8) is 0 Å². The number of aromatic nitrogens is 1. The third kappa shape index (κ3) is 5.48. The minimum Gasteiger partial charge on any atom is -0.497 e. The number of hydrogen-bond acceptors (Lipinski definition) is 4. The Kier molecular flexibility index (Phi) is 6.90. The fourth-order valence-electron chi connectivity index (χ4n) is 4.11. The molecular weight excluding hydrogens is 435 g/mol. The van der Waals surface area contributed by atoms with Gasteiger partial charge in [-0.25, -0.2) is 0 Å². The smallest absolute Gasteiger partial charge is 0.416 e. The molecule has 1 amide bonds. The van der Waals surface area contributed by atoms with Crippen LogP contribution >= 0.6 is 0 Å². The summed E-state index contributed by atoms with van der Waals surface area (Å²) in [5.41, 5.74) is 0.953. The monoisotopic (exact) mass is 461 g/mol. The Morgan fingerprint density at radius 1 is 1.12 bits per heavy atom. The number of hydrogen-bond donors (Lipinski definition) is 1. The van der Waals surface area contributed by atoms with E-state index >= 15 is 0 Å². The summed E-state index contributed by atoms with van der Waals surface area (Å²) >= 11 is 0. The van der Waals surface area contributed by atoms with E-state index < -0.39 is 11.7 Å². The lowest BCUT2D eigenvalue weighted by Gasteiger charge is -2.35. The summed E-state index contributed by atoms with van der Waals surface area (Å²) in [4.78, 5) is 14.9. The maximum absolute atomic E-state index is 13.0. The lowest BCUT2D eigenvalue weighted by molar-refractivity contribution is -0.137. The number of morpholine rings is 1. The predicted octanol–water partition coefficient (Wildman–Crippen LogP) is 3.86. The zero-order chi connectivity index (χ0) is 23.4. The van der Waals surface area contributed by atoms with Crippen LogP contribution in [0.1, 0.15) is 17.2 Å². The van der Waals surface area contributed by atoms with Gasteiger partial charge in [-0.2, -0.15) is 13.2 Å². The van der Waals surface area contributed by atoms with Crippen molar-refractivity contribution in [2.24, 2.45) is 0 Å². The average Bonchev–Trinajstić information content (AvgIpc) is 3.21. The summed E-state index contributed by atoms with van der Waals surface area (Å²) in [6.45, 7) is 2.81. The third-order valence-corrected chi connectivity index (χ3v) is 5.89. The summed E-state index contributed by atoms with van der Waals surface area (Å²) in [6.07, 6.45) is -2.54. The lowest BCUT2D eigenvalue weighted by Crippen LogP contribution is -2.44. The van der Waals surface area contributed by atoms with Crippen molar-refractivity contribution < 1.29 is 27.4 Å². The van der Waals surface area contributed by atoms with Crippen LogP contribution in [0.25, 0.3) is 10.9 Å². The van der Waals surface area contributed by atoms with Crippen LogP contribution in [0.5, 0.6) is 5.75 Å². The van der Waals surface area contributed by atoms with E-state index in [-0.39, 0.29) is 25.0 Å². The van der Waals surface area contributed by atoms with Gasteiger partial charge in [0.05, 0.1) is 31.9 Å². The summed E-state index contributed by atoms with van der Waals surface area (Å²) in [5, 5.41) is 3.93. The second-order valence-electron chi connectivity index (χ2n) is 7.96. The number of fused-ring (bicyclic) bond motifs is 1. The number of ether oxygens (including phenoxy) is 2. The van der Waals surface area contributed by atoms with Crippen molar-refractivity contribution in [1.29, 1.82) is 0 Å². The minimum absolute atomic E-state index is 0.138. The standard InChI is InChI=1S/C24H26F3N3O3/c1-32-20-6-7-21-18(14-20)8-9-30(21)16-23(31)28-15-22(29-10-12-33-13-11-29)17-2-4-19(5-3-17)24(25,26)27/h2-9,14,22H,10-13,15-16H2,1H3,(H,28,31). The van der Waals surface area contributed by atoms with Crippen molar-refractivity contribution >= 4 is 16.8 Å². The molecule has 1 fully saturated rings. The second kappa shape index (κ2) is 9.84. The molecule has 176 valence electrons. The molecule has 0 spiro atoms. The van der Waals surface area contributed by atoms with Crippen molar-refractivity contribution in [2.45, 2.75) is 18.8 Å². The topological polar surface area (TPSA) is 55.7 Å². The number of halogens is 3. The van der Waals surface area contributed by atoms with Gasteiger partial charge in [-0.3, -0.25) is 9.69 Å². The molecule has 1 atom stereocenters. The van der Waals surface area contributed by atoms with Crippen molar-refractivity contribution in [3.8, 4) is 5.75 Å². The molecule has 6 nitrogen and oxygen atoms in total. The molecule has 33 heavy (non-hydrogen) atoms. The largest absolute Gasteiger partial charge is 0.497 e. The van der Waals surface area contributed by atoms with Gasteiger partial charge in [-0.15, -0.1) is 0 Å². The quantitative estimate of drug-likeness (QED) is 0.581. The van der Waals surface area contributed by atoms with Crippen molar-refractivity contribution in [3.05, 3.63) is 65.9 Å². The Bertz CT molecular complexity index is 1090. The van der Waals surface area contributed by atoms with Crippen LogP contribution < -0.4 is 10.1 Å². The number of carbonyl (C=O) groups is 1. The summed E-state index contributed by atoms with van der Waals surface area (Å²) in [7, 11) is 1.60. The molecule has 1 saturated heterocycles. The van der Waals surface area contributed by atoms with E-state index in [1.807, 2.05) is 35.0 Å². The Balaban J connectivity index is 1.45. The van der Waals surface area contributed by atoms with Crippen molar-refractivity contribution in [2.75, 3.05) is 40.0 Å². The molecule has 3 aromatic rings. The molecule has 0 radical (unpaired) electrons. The molecule has 1 aromatic heterocycles. The Labute approximate surface area is 189 Å². The Morgan fingerprint density at radius 2 is 1.85 bits per heavy atom. The summed E-state index contributed by atoms with van der Waals surface area (Å²) < 4.78 is 51.4. The molecule has 2 aromatic carbocycles. The maximum atomic E-state index is 13.0. The molecule has 0 saturated carbocycles. The number of methoxy groups -OCH3 is 1. The lowest BCUT2D eigenvalue weighted by atomic mass is 10.0. The van der Waals surface area contributed by atoms with Crippen LogP contribution in [0.15, 0.2) is 54.7 Å². The number of amides is 1. The molecule has 1 aliphatic heterocycles. The van der Waals surface area contributed by atoms with E-state index in [1.54, 1.807) is 7.11 Å². The number of nitrogens with zero attached hydrogens (tertiary/aromatic N) is 2. The first-order valence-corrected chi connectivity index (χ1v) is 10.7. The highest BCUT2D eigenvalue weighted by Gasteiger charge is 2.31. The number of alkyl halides is 3. The number of carbonyl (C=O) groups excluding carboxylic acids is 1. The summed E-state index contributed by atoms with van der Waals surface area (Å²) in [6, 6.07) is 12.5. The van der Waals surface area contributed by atoms with Gasteiger partial charge in [-0.1, -0.05) is 12.1 Å². The molecular formula is C24H26F3N3O3. The second-order valence-corrected chi connectivity index (χ2v) is 7.96. The van der Waals surface area contributed by atoms with Gasteiger partial charge < -0.3 is 19.4 Å². The number of nitrogens with one attached hydrogen (secondary N) is 1. The van der Waals surface area contributed by atoms with Gasteiger partial charge in [0.2, 0.25) is 5.91 Å². The van der Waals surface area contributed by atoms with Crippen LogP contribution in [0.2, 0.25) is 0 Å². The van der Waals surface area contributed by atoms with Crippen LogP contribution in [-0.2, 0) is 22.3 Å². The van der Waals surface area contributed by atoms with E-state index in [0.29, 0.717) is 26.3 Å². The third-order valence-electron chi connectivity index (χ3n) is 5.89. The van der Waals surface area contributed by atoms with Gasteiger partial charge >= 0.3 is 6.18 Å². The first-order chi connectivity index (χ1) is 15.8. The van der Waals surface area contributed by atoms with E-state index in [1.165, 1.54) is 12.1 Å². The van der Waals surface area contributed by atoms with Gasteiger partial charge in [0.1, 0.15) is 12.3 Å². The molecule has 0 bridgehead atoms. The molecule has 2 heterocycles. The van der Waals surface area contributed by atoms with E-state index in [9.17, 15) is 18.0 Å². The highest BCUT2D eigenvalue weighted by Crippen LogP contribution is 2.31. The molecule has 1 aliphatic rings. The maximum Gasteiger partial charge on any atom is 0.416 e. The molecule has 9 heteroatoms. The van der Waals surface area contributed by atoms with E-state index in [4.69, 9.17) is 9.47 Å². The highest BCUT2D eigenvalue weighted by molar-refractivity contribution is 5.84. The predicted molar refractivity (Wildman–Crippen MR) is 118 cm³/mol. The molecule has 1 unspecified atom stereocenters. The first-order valence-electron chi connectivity index (χ1n) is 10.7. The zero-order valence-corrected chi connectivity index (χ0v) is 18.3. The first kappa shape index (κ1) is 23.1.